The van der Waals surface area contributed by atoms with E-state index >= 15 is 0 Å². The third-order valence-electron chi connectivity index (χ3n) is 5.08. The largest absolute Gasteiger partial charge is 0.493 e. The minimum Gasteiger partial charge on any atom is -0.493 e. The Balaban J connectivity index is 1.42. The summed E-state index contributed by atoms with van der Waals surface area (Å²) in [6.07, 6.45) is -3.93. The summed E-state index contributed by atoms with van der Waals surface area (Å²) in [7, 11) is 0. The van der Waals surface area contributed by atoms with Crippen LogP contribution in [-0.4, -0.2) is 29.4 Å². The first-order chi connectivity index (χ1) is 16.9. The smallest absolute Gasteiger partial charge is 0.416 e. The van der Waals surface area contributed by atoms with E-state index < -0.39 is 23.3 Å². The molecule has 1 atom stereocenters. The number of carboxylic acids is 1. The van der Waals surface area contributed by atoms with E-state index in [1.807, 2.05) is 6.92 Å². The second-order valence-electron chi connectivity index (χ2n) is 8.55. The van der Waals surface area contributed by atoms with Gasteiger partial charge in [-0.15, -0.1) is 0 Å². The quantitative estimate of drug-likeness (QED) is 0.304. The number of hydrogen-bond acceptors (Lipinski definition) is 5. The standard InChI is InChI=1S/C27H27F3O6/c1-18(16-17-33-20-8-14-24(15-9-20)36-26(2,3)25(31)32)34-21-10-12-23(13-11-21)35-22-6-4-19(5-7-22)27(28,29)30/h4-15,18H,16-17H2,1-3H3,(H,31,32). The van der Waals surface area contributed by atoms with Crippen molar-refractivity contribution in [1.29, 1.82) is 0 Å². The molecule has 3 aromatic rings. The molecule has 0 aliphatic carbocycles. The zero-order valence-corrected chi connectivity index (χ0v) is 20.0. The highest BCUT2D eigenvalue weighted by atomic mass is 19.4. The van der Waals surface area contributed by atoms with Crippen molar-refractivity contribution in [2.75, 3.05) is 6.61 Å². The van der Waals surface area contributed by atoms with Crippen LogP contribution in [0.25, 0.3) is 0 Å². The van der Waals surface area contributed by atoms with Crippen LogP contribution in [0.15, 0.2) is 72.8 Å². The van der Waals surface area contributed by atoms with Crippen LogP contribution in [0.3, 0.4) is 0 Å². The van der Waals surface area contributed by atoms with Gasteiger partial charge in [0, 0.05) is 6.42 Å². The number of carboxylic acid groups (broad SMARTS) is 1. The molecule has 0 fully saturated rings. The molecule has 36 heavy (non-hydrogen) atoms. The van der Waals surface area contributed by atoms with E-state index in [0.717, 1.165) is 12.1 Å². The Morgan fingerprint density at radius 1 is 0.806 bits per heavy atom. The molecule has 0 saturated heterocycles. The van der Waals surface area contributed by atoms with Gasteiger partial charge >= 0.3 is 12.1 Å². The maximum Gasteiger partial charge on any atom is 0.416 e. The molecule has 3 rings (SSSR count). The minimum absolute atomic E-state index is 0.148. The summed E-state index contributed by atoms with van der Waals surface area (Å²) < 4.78 is 60.6. The molecule has 0 aliphatic rings. The second kappa shape index (κ2) is 11.2. The van der Waals surface area contributed by atoms with E-state index in [4.69, 9.17) is 24.1 Å². The van der Waals surface area contributed by atoms with Crippen molar-refractivity contribution in [2.45, 2.75) is 45.1 Å². The Bertz CT molecular complexity index is 1120. The minimum atomic E-state index is -4.39. The Morgan fingerprint density at radius 3 is 1.81 bits per heavy atom. The van der Waals surface area contributed by atoms with Gasteiger partial charge in [0.1, 0.15) is 28.7 Å². The number of aliphatic carboxylic acids is 1. The maximum absolute atomic E-state index is 12.7. The number of carbonyl (C=O) groups is 1. The Morgan fingerprint density at radius 2 is 1.28 bits per heavy atom. The lowest BCUT2D eigenvalue weighted by atomic mass is 10.1. The average Bonchev–Trinajstić information content (AvgIpc) is 2.81. The van der Waals surface area contributed by atoms with Crippen molar-refractivity contribution in [3.05, 3.63) is 78.4 Å². The normalized spacial score (nSPS) is 12.5. The molecule has 0 bridgehead atoms. The number of hydrogen-bond donors (Lipinski definition) is 1. The van der Waals surface area contributed by atoms with Gasteiger partial charge in [0.2, 0.25) is 0 Å². The third kappa shape index (κ3) is 7.83. The van der Waals surface area contributed by atoms with Gasteiger partial charge in [0.25, 0.3) is 0 Å². The Kier molecular flexibility index (Phi) is 8.34. The first kappa shape index (κ1) is 26.7. The van der Waals surface area contributed by atoms with Crippen LogP contribution < -0.4 is 18.9 Å². The molecular weight excluding hydrogens is 477 g/mol. The van der Waals surface area contributed by atoms with Crippen LogP contribution in [0.2, 0.25) is 0 Å². The topological polar surface area (TPSA) is 74.2 Å². The third-order valence-corrected chi connectivity index (χ3v) is 5.08. The highest BCUT2D eigenvalue weighted by Gasteiger charge is 2.30. The summed E-state index contributed by atoms with van der Waals surface area (Å²) in [6.45, 7) is 5.25. The molecule has 1 N–H and O–H groups in total. The van der Waals surface area contributed by atoms with Crippen molar-refractivity contribution in [3.63, 3.8) is 0 Å². The number of alkyl halides is 3. The van der Waals surface area contributed by atoms with E-state index in [-0.39, 0.29) is 6.10 Å². The van der Waals surface area contributed by atoms with Crippen molar-refractivity contribution in [2.24, 2.45) is 0 Å². The van der Waals surface area contributed by atoms with Crippen LogP contribution in [0.5, 0.6) is 28.7 Å². The number of ether oxygens (including phenoxy) is 4. The van der Waals surface area contributed by atoms with E-state index in [9.17, 15) is 18.0 Å². The number of benzene rings is 3. The predicted molar refractivity (Wildman–Crippen MR) is 127 cm³/mol. The summed E-state index contributed by atoms with van der Waals surface area (Å²) in [4.78, 5) is 11.2. The van der Waals surface area contributed by atoms with Crippen molar-refractivity contribution < 1.29 is 42.0 Å². The zero-order valence-electron chi connectivity index (χ0n) is 20.0. The van der Waals surface area contributed by atoms with Gasteiger partial charge in [-0.3, -0.25) is 0 Å². The summed E-state index contributed by atoms with van der Waals surface area (Å²) in [5.41, 5.74) is -2.07. The summed E-state index contributed by atoms with van der Waals surface area (Å²) in [5, 5.41) is 9.14. The van der Waals surface area contributed by atoms with Crippen LogP contribution in [0, 0.1) is 0 Å². The summed E-state index contributed by atoms with van der Waals surface area (Å²) >= 11 is 0. The monoisotopic (exact) mass is 504 g/mol. The van der Waals surface area contributed by atoms with E-state index in [1.165, 1.54) is 26.0 Å². The lowest BCUT2D eigenvalue weighted by Crippen LogP contribution is -2.37. The van der Waals surface area contributed by atoms with Crippen LogP contribution >= 0.6 is 0 Å². The molecule has 0 heterocycles. The average molecular weight is 505 g/mol. The number of halogens is 3. The Labute approximate surface area is 207 Å². The molecule has 3 aromatic carbocycles. The fourth-order valence-corrected chi connectivity index (χ4v) is 3.01. The summed E-state index contributed by atoms with van der Waals surface area (Å²) in [5.74, 6) is 1.37. The molecule has 0 radical (unpaired) electrons. The van der Waals surface area contributed by atoms with Gasteiger partial charge in [-0.05, 0) is 93.6 Å². The maximum atomic E-state index is 12.7. The van der Waals surface area contributed by atoms with Crippen LogP contribution in [0.1, 0.15) is 32.8 Å². The molecule has 1 unspecified atom stereocenters. The van der Waals surface area contributed by atoms with Gasteiger partial charge in [-0.1, -0.05) is 0 Å². The molecular formula is C27H27F3O6. The zero-order chi connectivity index (χ0) is 26.3. The fourth-order valence-electron chi connectivity index (χ4n) is 3.01. The van der Waals surface area contributed by atoms with Crippen LogP contribution in [0.4, 0.5) is 13.2 Å². The Hall–Kier alpha value is -3.88. The molecule has 0 spiro atoms. The lowest BCUT2D eigenvalue weighted by Gasteiger charge is -2.21. The van der Waals surface area contributed by atoms with E-state index in [2.05, 4.69) is 0 Å². The molecule has 0 aromatic heterocycles. The molecule has 0 aliphatic heterocycles. The van der Waals surface area contributed by atoms with Gasteiger partial charge in [0.15, 0.2) is 5.60 Å². The number of rotatable bonds is 11. The van der Waals surface area contributed by atoms with Gasteiger partial charge < -0.3 is 24.1 Å². The van der Waals surface area contributed by atoms with Crippen molar-refractivity contribution in [3.8, 4) is 28.7 Å². The highest BCUT2D eigenvalue weighted by molar-refractivity contribution is 5.76. The van der Waals surface area contributed by atoms with Gasteiger partial charge in [-0.2, -0.15) is 13.2 Å². The second-order valence-corrected chi connectivity index (χ2v) is 8.55. The van der Waals surface area contributed by atoms with Gasteiger partial charge in [0.05, 0.1) is 18.3 Å². The van der Waals surface area contributed by atoms with Crippen LogP contribution in [-0.2, 0) is 11.0 Å². The first-order valence-corrected chi connectivity index (χ1v) is 11.2. The van der Waals surface area contributed by atoms with Crippen molar-refractivity contribution >= 4 is 5.97 Å². The van der Waals surface area contributed by atoms with Crippen molar-refractivity contribution in [1.82, 2.24) is 0 Å². The lowest BCUT2D eigenvalue weighted by molar-refractivity contribution is -0.152. The molecule has 0 amide bonds. The SMILES string of the molecule is CC(CCOc1ccc(OC(C)(C)C(=O)O)cc1)Oc1ccc(Oc2ccc(C(F)(F)F)cc2)cc1. The van der Waals surface area contributed by atoms with E-state index in [1.54, 1.807) is 48.5 Å². The molecule has 192 valence electrons. The first-order valence-electron chi connectivity index (χ1n) is 11.2. The molecule has 0 saturated carbocycles. The van der Waals surface area contributed by atoms with E-state index in [0.29, 0.717) is 41.8 Å². The molecule has 9 heteroatoms. The predicted octanol–water partition coefficient (Wildman–Crippen LogP) is 6.98. The van der Waals surface area contributed by atoms with Gasteiger partial charge in [-0.25, -0.2) is 4.79 Å². The molecule has 6 nitrogen and oxygen atoms in total. The highest BCUT2D eigenvalue weighted by Crippen LogP contribution is 2.32. The fraction of sp³-hybridized carbons (Fsp3) is 0.296. The summed E-state index contributed by atoms with van der Waals surface area (Å²) in [6, 6.07) is 18.0.